The second-order valence-corrected chi connectivity index (χ2v) is 9.58. The predicted octanol–water partition coefficient (Wildman–Crippen LogP) is 4.12. The molecule has 0 saturated carbocycles. The van der Waals surface area contributed by atoms with Crippen LogP contribution in [0.1, 0.15) is 37.8 Å². The molecule has 0 amide bonds. The van der Waals surface area contributed by atoms with Crippen molar-refractivity contribution in [3.05, 3.63) is 83.9 Å². The standard InChI is InChI=1S/C27H32O6/c1-25(2)31-22-23(30-18-21-13-7-4-8-14-21)27(33-24(22)32-25,26(28)15-9-10-16-26)19-29-17-20-11-5-3-6-12-20/h3-14,22-24,28H,15-19H2,1-2H3/t22?,23?,24?,27-/m1/s1. The molecule has 6 nitrogen and oxygen atoms in total. The normalized spacial score (nSPS) is 31.7. The average Bonchev–Trinajstić information content (AvgIpc) is 3.46. The molecule has 0 radical (unpaired) electrons. The maximum absolute atomic E-state index is 11.8. The molecule has 2 heterocycles. The van der Waals surface area contributed by atoms with Gasteiger partial charge in [0.25, 0.3) is 0 Å². The summed E-state index contributed by atoms with van der Waals surface area (Å²) in [5.41, 5.74) is -0.245. The van der Waals surface area contributed by atoms with Gasteiger partial charge in [0.2, 0.25) is 0 Å². The van der Waals surface area contributed by atoms with Gasteiger partial charge in [0.1, 0.15) is 17.8 Å². The highest BCUT2D eigenvalue weighted by Gasteiger charge is 2.69. The minimum absolute atomic E-state index is 0.152. The number of fused-ring (bicyclic) bond motifs is 1. The first-order chi connectivity index (χ1) is 15.9. The molecular weight excluding hydrogens is 420 g/mol. The van der Waals surface area contributed by atoms with Crippen LogP contribution in [0.15, 0.2) is 72.8 Å². The van der Waals surface area contributed by atoms with Crippen LogP contribution in [0.25, 0.3) is 0 Å². The Hall–Kier alpha value is -2.06. The smallest absolute Gasteiger partial charge is 0.190 e. The van der Waals surface area contributed by atoms with E-state index in [1.54, 1.807) is 0 Å². The maximum atomic E-state index is 11.8. The van der Waals surface area contributed by atoms with Crippen LogP contribution in [0, 0.1) is 0 Å². The van der Waals surface area contributed by atoms with Crippen molar-refractivity contribution in [1.82, 2.24) is 0 Å². The Morgan fingerprint density at radius 3 is 2.09 bits per heavy atom. The van der Waals surface area contributed by atoms with Crippen LogP contribution < -0.4 is 0 Å². The van der Waals surface area contributed by atoms with E-state index >= 15 is 0 Å². The largest absolute Gasteiger partial charge is 0.386 e. The fraction of sp³-hybridized carbons (Fsp3) is 0.481. The van der Waals surface area contributed by atoms with E-state index in [1.165, 1.54) is 0 Å². The Labute approximate surface area is 195 Å². The first-order valence-corrected chi connectivity index (χ1v) is 11.6. The van der Waals surface area contributed by atoms with Crippen molar-refractivity contribution < 1.29 is 28.8 Å². The van der Waals surface area contributed by atoms with Crippen molar-refractivity contribution in [3.8, 4) is 0 Å². The summed E-state index contributed by atoms with van der Waals surface area (Å²) in [5, 5.41) is 11.8. The summed E-state index contributed by atoms with van der Waals surface area (Å²) >= 11 is 0. The van der Waals surface area contributed by atoms with E-state index in [0.717, 1.165) is 11.1 Å². The third-order valence-electron chi connectivity index (χ3n) is 6.74. The van der Waals surface area contributed by atoms with Crippen molar-refractivity contribution in [2.24, 2.45) is 0 Å². The first kappa shape index (κ1) is 22.7. The lowest BCUT2D eigenvalue weighted by Crippen LogP contribution is -2.64. The molecule has 2 aromatic rings. The Balaban J connectivity index is 1.43. The van der Waals surface area contributed by atoms with E-state index in [-0.39, 0.29) is 6.61 Å². The zero-order valence-electron chi connectivity index (χ0n) is 19.2. The minimum Gasteiger partial charge on any atom is -0.386 e. The third-order valence-corrected chi connectivity index (χ3v) is 6.74. The topological polar surface area (TPSA) is 66.4 Å². The molecule has 176 valence electrons. The van der Waals surface area contributed by atoms with Gasteiger partial charge in [-0.1, -0.05) is 72.8 Å². The molecule has 0 spiro atoms. The second-order valence-electron chi connectivity index (χ2n) is 9.58. The van der Waals surface area contributed by atoms with Crippen molar-refractivity contribution in [3.63, 3.8) is 0 Å². The van der Waals surface area contributed by atoms with Crippen molar-refractivity contribution in [1.29, 1.82) is 0 Å². The van der Waals surface area contributed by atoms with Gasteiger partial charge in [-0.05, 0) is 37.8 Å². The van der Waals surface area contributed by atoms with Gasteiger partial charge in [0, 0.05) is 0 Å². The molecule has 6 heteroatoms. The Morgan fingerprint density at radius 2 is 1.45 bits per heavy atom. The van der Waals surface area contributed by atoms with E-state index in [9.17, 15) is 5.11 Å². The van der Waals surface area contributed by atoms with Crippen LogP contribution in [-0.2, 0) is 36.9 Å². The molecule has 2 saturated heterocycles. The fourth-order valence-corrected chi connectivity index (χ4v) is 5.09. The number of hydrogen-bond acceptors (Lipinski definition) is 6. The number of aliphatic hydroxyl groups is 1. The van der Waals surface area contributed by atoms with Crippen LogP contribution in [0.5, 0.6) is 0 Å². The average molecular weight is 453 g/mol. The van der Waals surface area contributed by atoms with Gasteiger partial charge in [-0.15, -0.1) is 0 Å². The highest BCUT2D eigenvalue weighted by atomic mass is 16.8. The van der Waals surface area contributed by atoms with Gasteiger partial charge in [0.05, 0.1) is 19.8 Å². The molecule has 4 atom stereocenters. The zero-order valence-corrected chi connectivity index (χ0v) is 19.2. The lowest BCUT2D eigenvalue weighted by molar-refractivity contribution is -0.295. The summed E-state index contributed by atoms with van der Waals surface area (Å²) in [7, 11) is 0. The lowest BCUT2D eigenvalue weighted by Gasteiger charge is -2.46. The molecule has 1 aliphatic carbocycles. The third kappa shape index (κ3) is 4.39. The van der Waals surface area contributed by atoms with Crippen molar-refractivity contribution in [2.75, 3.05) is 6.61 Å². The van der Waals surface area contributed by atoms with E-state index in [1.807, 2.05) is 86.7 Å². The fourth-order valence-electron chi connectivity index (χ4n) is 5.09. The lowest BCUT2D eigenvalue weighted by atomic mass is 9.76. The summed E-state index contributed by atoms with van der Waals surface area (Å²) < 4.78 is 31.5. The Bertz CT molecular complexity index is 951. The van der Waals surface area contributed by atoms with Crippen molar-refractivity contribution in [2.45, 2.75) is 75.4 Å². The number of ether oxygens (including phenoxy) is 5. The van der Waals surface area contributed by atoms with Crippen LogP contribution in [-0.4, -0.2) is 47.2 Å². The van der Waals surface area contributed by atoms with Gasteiger partial charge < -0.3 is 28.8 Å². The number of benzene rings is 2. The molecular formula is C27H32O6. The van der Waals surface area contributed by atoms with E-state index in [2.05, 4.69) is 0 Å². The molecule has 3 unspecified atom stereocenters. The molecule has 2 aliphatic heterocycles. The zero-order chi connectivity index (χ0) is 22.9. The summed E-state index contributed by atoms with van der Waals surface area (Å²) in [6, 6.07) is 19.9. The van der Waals surface area contributed by atoms with Crippen LogP contribution in [0.2, 0.25) is 0 Å². The molecule has 5 rings (SSSR count). The summed E-state index contributed by atoms with van der Waals surface area (Å²) in [4.78, 5) is 0. The van der Waals surface area contributed by atoms with E-state index in [4.69, 9.17) is 23.7 Å². The molecule has 2 fully saturated rings. The van der Waals surface area contributed by atoms with Crippen molar-refractivity contribution >= 4 is 0 Å². The summed E-state index contributed by atoms with van der Waals surface area (Å²) in [5.74, 6) is -0.794. The molecule has 1 N–H and O–H groups in total. The maximum Gasteiger partial charge on any atom is 0.190 e. The summed E-state index contributed by atoms with van der Waals surface area (Å²) in [6.45, 7) is 4.65. The number of rotatable bonds is 8. The van der Waals surface area contributed by atoms with Gasteiger partial charge in [0.15, 0.2) is 17.7 Å². The highest BCUT2D eigenvalue weighted by Crippen LogP contribution is 2.51. The Kier molecular flexibility index (Phi) is 6.16. The predicted molar refractivity (Wildman–Crippen MR) is 122 cm³/mol. The molecule has 0 aromatic heterocycles. The Morgan fingerprint density at radius 1 is 0.848 bits per heavy atom. The molecule has 0 bridgehead atoms. The van der Waals surface area contributed by atoms with Crippen LogP contribution in [0.3, 0.4) is 0 Å². The second kappa shape index (κ2) is 8.95. The number of hydrogen-bond donors (Lipinski definition) is 1. The quantitative estimate of drug-likeness (QED) is 0.608. The van der Waals surface area contributed by atoms with Crippen LogP contribution >= 0.6 is 0 Å². The SMILES string of the molecule is CC1(C)OC2O[C@@](COCc3ccccc3)(C3(O)CC=CC3)C(OCc3ccccc3)C2O1. The van der Waals surface area contributed by atoms with Gasteiger partial charge in [-0.2, -0.15) is 0 Å². The molecule has 2 aromatic carbocycles. The van der Waals surface area contributed by atoms with Gasteiger partial charge in [-0.3, -0.25) is 0 Å². The van der Waals surface area contributed by atoms with E-state index < -0.39 is 35.5 Å². The highest BCUT2D eigenvalue weighted by molar-refractivity contribution is 5.22. The van der Waals surface area contributed by atoms with Crippen LogP contribution in [0.4, 0.5) is 0 Å². The molecule has 3 aliphatic rings. The van der Waals surface area contributed by atoms with Gasteiger partial charge in [-0.25, -0.2) is 0 Å². The summed E-state index contributed by atoms with van der Waals surface area (Å²) in [6.07, 6.45) is 3.17. The monoisotopic (exact) mass is 452 g/mol. The van der Waals surface area contributed by atoms with Gasteiger partial charge >= 0.3 is 0 Å². The minimum atomic E-state index is -1.19. The molecule has 33 heavy (non-hydrogen) atoms. The first-order valence-electron chi connectivity index (χ1n) is 11.6. The van der Waals surface area contributed by atoms with E-state index in [0.29, 0.717) is 26.1 Å².